The number of ether oxygens (including phenoxy) is 1. The fourth-order valence-corrected chi connectivity index (χ4v) is 3.92. The minimum atomic E-state index is 0.121. The van der Waals surface area contributed by atoms with Crippen LogP contribution >= 0.6 is 0 Å². The van der Waals surface area contributed by atoms with Crippen molar-refractivity contribution in [2.24, 2.45) is 0 Å². The van der Waals surface area contributed by atoms with Crippen LogP contribution in [0.25, 0.3) is 0 Å². The zero-order chi connectivity index (χ0) is 15.5. The summed E-state index contributed by atoms with van der Waals surface area (Å²) in [5, 5.41) is 0. The maximum absolute atomic E-state index is 5.73. The lowest BCUT2D eigenvalue weighted by atomic mass is 10.3. The van der Waals surface area contributed by atoms with Crippen LogP contribution in [0.3, 0.4) is 0 Å². The first kappa shape index (κ1) is 17.6. The minimum absolute atomic E-state index is 0.121. The fraction of sp³-hybridized carbons (Fsp3) is 0.368. The first-order valence-corrected chi connectivity index (χ1v) is 9.05. The van der Waals surface area contributed by atoms with Gasteiger partial charge < -0.3 is 4.74 Å². The van der Waals surface area contributed by atoms with Gasteiger partial charge in [-0.1, -0.05) is 32.1 Å². The van der Waals surface area contributed by atoms with Gasteiger partial charge in [0.05, 0.1) is 17.5 Å². The SMILES string of the molecule is C=C/C=C\C(=C/C)[S+](CC)c1ccc(OCCCC)cc1. The third-order valence-electron chi connectivity index (χ3n) is 3.13. The van der Waals surface area contributed by atoms with Crippen molar-refractivity contribution in [1.29, 1.82) is 0 Å². The Morgan fingerprint density at radius 1 is 1.24 bits per heavy atom. The van der Waals surface area contributed by atoms with Crippen molar-refractivity contribution >= 4 is 10.9 Å². The summed E-state index contributed by atoms with van der Waals surface area (Å²) in [5.41, 5.74) is 0. The molecule has 0 fully saturated rings. The largest absolute Gasteiger partial charge is 0.494 e. The van der Waals surface area contributed by atoms with Crippen LogP contribution in [-0.4, -0.2) is 12.4 Å². The highest BCUT2D eigenvalue weighted by Crippen LogP contribution is 2.25. The summed E-state index contributed by atoms with van der Waals surface area (Å²) in [6.45, 7) is 11.1. The Bertz CT molecular complexity index is 471. The first-order chi connectivity index (χ1) is 10.3. The molecule has 0 saturated heterocycles. The molecule has 0 N–H and O–H groups in total. The number of rotatable bonds is 9. The highest BCUT2D eigenvalue weighted by Gasteiger charge is 2.23. The van der Waals surface area contributed by atoms with Gasteiger partial charge in [0, 0.05) is 0 Å². The maximum atomic E-state index is 5.73. The van der Waals surface area contributed by atoms with Gasteiger partial charge in [-0.15, -0.1) is 0 Å². The molecule has 0 amide bonds. The van der Waals surface area contributed by atoms with E-state index in [1.807, 2.05) is 12.2 Å². The summed E-state index contributed by atoms with van der Waals surface area (Å²) < 4.78 is 5.73. The molecular formula is C19H27OS+. The lowest BCUT2D eigenvalue weighted by molar-refractivity contribution is 0.309. The topological polar surface area (TPSA) is 9.23 Å². The van der Waals surface area contributed by atoms with Crippen LogP contribution in [0.2, 0.25) is 0 Å². The average Bonchev–Trinajstić information content (AvgIpc) is 2.52. The predicted molar refractivity (Wildman–Crippen MR) is 96.1 cm³/mol. The number of benzene rings is 1. The van der Waals surface area contributed by atoms with E-state index in [2.05, 4.69) is 63.8 Å². The Balaban J connectivity index is 2.81. The van der Waals surface area contributed by atoms with E-state index in [4.69, 9.17) is 4.74 Å². The van der Waals surface area contributed by atoms with Crippen molar-refractivity contribution < 1.29 is 4.74 Å². The van der Waals surface area contributed by atoms with E-state index in [0.717, 1.165) is 31.0 Å². The summed E-state index contributed by atoms with van der Waals surface area (Å²) >= 11 is 0. The van der Waals surface area contributed by atoms with Crippen LogP contribution in [0, 0.1) is 0 Å². The van der Waals surface area contributed by atoms with Crippen LogP contribution in [0.5, 0.6) is 5.75 Å². The molecule has 1 atom stereocenters. The standard InChI is InChI=1S/C19H27OS/c1-5-9-11-18(7-3)21(8-4)19-14-12-17(13-15-19)20-16-10-6-2/h5,7,9,11-15H,1,6,8,10,16H2,2-4H3/q+1/b11-9-,18-7+. The molecule has 1 aromatic carbocycles. The van der Waals surface area contributed by atoms with E-state index in [-0.39, 0.29) is 10.9 Å². The van der Waals surface area contributed by atoms with Gasteiger partial charge in [0.25, 0.3) is 0 Å². The normalized spacial score (nSPS) is 13.4. The Morgan fingerprint density at radius 2 is 1.95 bits per heavy atom. The molecule has 0 radical (unpaired) electrons. The van der Waals surface area contributed by atoms with Gasteiger partial charge in [-0.3, -0.25) is 0 Å². The van der Waals surface area contributed by atoms with E-state index < -0.39 is 0 Å². The molecule has 0 spiro atoms. The van der Waals surface area contributed by atoms with Gasteiger partial charge in [-0.25, -0.2) is 0 Å². The molecule has 21 heavy (non-hydrogen) atoms. The van der Waals surface area contributed by atoms with Crippen LogP contribution in [0.15, 0.2) is 64.9 Å². The molecule has 2 heteroatoms. The zero-order valence-electron chi connectivity index (χ0n) is 13.5. The highest BCUT2D eigenvalue weighted by atomic mass is 32.2. The van der Waals surface area contributed by atoms with Crippen molar-refractivity contribution in [3.63, 3.8) is 0 Å². The molecule has 0 aromatic heterocycles. The summed E-state index contributed by atoms with van der Waals surface area (Å²) in [5.74, 6) is 2.08. The Labute approximate surface area is 132 Å². The number of allylic oxidation sites excluding steroid dienone is 4. The van der Waals surface area contributed by atoms with Gasteiger partial charge in [0.2, 0.25) is 0 Å². The van der Waals surface area contributed by atoms with Gasteiger partial charge >= 0.3 is 0 Å². The van der Waals surface area contributed by atoms with E-state index in [1.54, 1.807) is 0 Å². The molecule has 1 aromatic rings. The van der Waals surface area contributed by atoms with Gasteiger partial charge in [-0.2, -0.15) is 0 Å². The molecule has 0 aliphatic rings. The molecule has 0 bridgehead atoms. The molecule has 1 nitrogen and oxygen atoms in total. The van der Waals surface area contributed by atoms with Crippen LogP contribution in [-0.2, 0) is 10.9 Å². The molecule has 1 unspecified atom stereocenters. The number of hydrogen-bond donors (Lipinski definition) is 0. The van der Waals surface area contributed by atoms with Crippen LogP contribution in [0.1, 0.15) is 33.6 Å². The lowest BCUT2D eigenvalue weighted by Gasteiger charge is -2.08. The molecule has 114 valence electrons. The monoisotopic (exact) mass is 303 g/mol. The van der Waals surface area contributed by atoms with Crippen molar-refractivity contribution in [3.05, 3.63) is 60.1 Å². The molecule has 1 rings (SSSR count). The van der Waals surface area contributed by atoms with E-state index in [9.17, 15) is 0 Å². The summed E-state index contributed by atoms with van der Waals surface area (Å²) in [6.07, 6.45) is 10.5. The Hall–Kier alpha value is -1.41. The van der Waals surface area contributed by atoms with Crippen molar-refractivity contribution in [2.75, 3.05) is 12.4 Å². The average molecular weight is 303 g/mol. The van der Waals surface area contributed by atoms with Crippen LogP contribution < -0.4 is 4.74 Å². The van der Waals surface area contributed by atoms with Crippen molar-refractivity contribution in [1.82, 2.24) is 0 Å². The molecule has 0 heterocycles. The van der Waals surface area contributed by atoms with Gasteiger partial charge in [0.15, 0.2) is 9.80 Å². The van der Waals surface area contributed by atoms with Gasteiger partial charge in [0.1, 0.15) is 11.5 Å². The van der Waals surface area contributed by atoms with E-state index in [0.29, 0.717) is 0 Å². The summed E-state index contributed by atoms with van der Waals surface area (Å²) in [4.78, 5) is 2.72. The lowest BCUT2D eigenvalue weighted by Crippen LogP contribution is -2.07. The second-order valence-corrected chi connectivity index (χ2v) is 6.94. The molecule has 0 aliphatic heterocycles. The second kappa shape index (κ2) is 10.3. The third kappa shape index (κ3) is 5.84. The van der Waals surface area contributed by atoms with Crippen molar-refractivity contribution in [3.8, 4) is 5.75 Å². The second-order valence-electron chi connectivity index (χ2n) is 4.64. The Morgan fingerprint density at radius 3 is 2.48 bits per heavy atom. The predicted octanol–water partition coefficient (Wildman–Crippen LogP) is 5.51. The molecule has 0 saturated carbocycles. The summed E-state index contributed by atoms with van der Waals surface area (Å²) in [7, 11) is 0.121. The quantitative estimate of drug-likeness (QED) is 0.332. The van der Waals surface area contributed by atoms with E-state index in [1.165, 1.54) is 9.80 Å². The third-order valence-corrected chi connectivity index (χ3v) is 5.49. The number of hydrogen-bond acceptors (Lipinski definition) is 1. The fourth-order valence-electron chi connectivity index (χ4n) is 1.99. The maximum Gasteiger partial charge on any atom is 0.160 e. The van der Waals surface area contributed by atoms with Gasteiger partial charge in [-0.05, 0) is 56.7 Å². The Kier molecular flexibility index (Phi) is 8.68. The zero-order valence-corrected chi connectivity index (χ0v) is 14.3. The number of unbranched alkanes of at least 4 members (excludes halogenated alkanes) is 1. The highest BCUT2D eigenvalue weighted by molar-refractivity contribution is 8.00. The summed E-state index contributed by atoms with van der Waals surface area (Å²) in [6, 6.07) is 8.56. The first-order valence-electron chi connectivity index (χ1n) is 7.65. The minimum Gasteiger partial charge on any atom is -0.494 e. The molecular weight excluding hydrogens is 276 g/mol. The van der Waals surface area contributed by atoms with Crippen LogP contribution in [0.4, 0.5) is 0 Å². The smallest absolute Gasteiger partial charge is 0.160 e. The van der Waals surface area contributed by atoms with E-state index >= 15 is 0 Å². The molecule has 0 aliphatic carbocycles. The van der Waals surface area contributed by atoms with Crippen molar-refractivity contribution in [2.45, 2.75) is 38.5 Å².